The number of ether oxygens (including phenoxy) is 2. The van der Waals surface area contributed by atoms with Crippen molar-refractivity contribution < 1.29 is 24.2 Å². The molecule has 7 heteroatoms. The number of likely N-dealkylation sites (tertiary alicyclic amines) is 1. The highest BCUT2D eigenvalue weighted by molar-refractivity contribution is 6.17. The number of amides is 1. The highest BCUT2D eigenvalue weighted by Gasteiger charge is 2.54. The third-order valence-electron chi connectivity index (χ3n) is 3.39. The molecule has 1 rings (SSSR count). The number of β-amino-alcohol motifs (C(OH)–C–C–N with tert-alkyl or cyclic N) is 1. The van der Waals surface area contributed by atoms with E-state index < -0.39 is 29.3 Å². The summed E-state index contributed by atoms with van der Waals surface area (Å²) < 4.78 is 10.2. The number of aliphatic hydroxyl groups excluding tert-OH is 1. The zero-order valence-electron chi connectivity index (χ0n) is 13.0. The summed E-state index contributed by atoms with van der Waals surface area (Å²) in [5.41, 5.74) is -1.88. The van der Waals surface area contributed by atoms with Crippen LogP contribution in [0.25, 0.3) is 0 Å². The van der Waals surface area contributed by atoms with Gasteiger partial charge in [0.15, 0.2) is 0 Å². The Kier molecular flexibility index (Phi) is 5.87. The lowest BCUT2D eigenvalue weighted by molar-refractivity contribution is -0.153. The maximum absolute atomic E-state index is 12.4. The van der Waals surface area contributed by atoms with Crippen LogP contribution in [0.2, 0.25) is 0 Å². The molecule has 0 aromatic rings. The number of hydrogen-bond acceptors (Lipinski definition) is 5. The first kappa shape index (κ1) is 18.0. The van der Waals surface area contributed by atoms with Crippen LogP contribution in [-0.2, 0) is 14.3 Å². The number of aliphatic hydroxyl groups is 1. The number of nitrogens with zero attached hydrogens (tertiary/aromatic N) is 1. The maximum Gasteiger partial charge on any atom is 0.411 e. The summed E-state index contributed by atoms with van der Waals surface area (Å²) in [7, 11) is 1.27. The molecule has 1 fully saturated rings. The predicted molar refractivity (Wildman–Crippen MR) is 78.3 cm³/mol. The summed E-state index contributed by atoms with van der Waals surface area (Å²) in [6.07, 6.45) is -0.413. The van der Waals surface area contributed by atoms with Crippen molar-refractivity contribution in [2.24, 2.45) is 0 Å². The minimum absolute atomic E-state index is 0.0479. The van der Waals surface area contributed by atoms with Crippen LogP contribution in [0.1, 0.15) is 40.0 Å². The molecule has 1 aliphatic heterocycles. The van der Waals surface area contributed by atoms with Crippen molar-refractivity contribution in [1.82, 2.24) is 4.90 Å². The smallest absolute Gasteiger partial charge is 0.411 e. The Bertz CT molecular complexity index is 395. The highest BCUT2D eigenvalue weighted by Crippen LogP contribution is 2.36. The van der Waals surface area contributed by atoms with Crippen LogP contribution in [0.5, 0.6) is 0 Å². The van der Waals surface area contributed by atoms with E-state index in [-0.39, 0.29) is 13.0 Å². The summed E-state index contributed by atoms with van der Waals surface area (Å²) >= 11 is 5.71. The van der Waals surface area contributed by atoms with E-state index in [1.165, 1.54) is 12.0 Å². The van der Waals surface area contributed by atoms with Gasteiger partial charge in [0.1, 0.15) is 11.1 Å². The molecule has 1 aliphatic rings. The van der Waals surface area contributed by atoms with Crippen LogP contribution in [-0.4, -0.2) is 58.8 Å². The summed E-state index contributed by atoms with van der Waals surface area (Å²) in [5.74, 6) is -0.188. The van der Waals surface area contributed by atoms with Gasteiger partial charge in [-0.15, -0.1) is 11.6 Å². The molecule has 0 aromatic heterocycles. The average Bonchev–Trinajstić information content (AvgIpc) is 2.71. The number of hydrogen-bond donors (Lipinski definition) is 1. The van der Waals surface area contributed by atoms with E-state index in [1.54, 1.807) is 20.8 Å². The summed E-state index contributed by atoms with van der Waals surface area (Å²) in [6, 6.07) is 0. The molecule has 0 aromatic carbocycles. The lowest BCUT2D eigenvalue weighted by Gasteiger charge is -2.36. The SMILES string of the molecule is COC(=O)[C@@]1(CCCCl)C[C@H](O)CN1C(=O)OC(C)(C)C. The topological polar surface area (TPSA) is 76.1 Å². The first-order valence-corrected chi connectivity index (χ1v) is 7.53. The zero-order chi connectivity index (χ0) is 16.3. The minimum atomic E-state index is -1.20. The molecule has 0 unspecified atom stereocenters. The minimum Gasteiger partial charge on any atom is -0.467 e. The predicted octanol–water partition coefficient (Wildman–Crippen LogP) is 1.92. The molecule has 1 amide bonds. The van der Waals surface area contributed by atoms with Crippen molar-refractivity contribution in [3.05, 3.63) is 0 Å². The number of methoxy groups -OCH3 is 1. The van der Waals surface area contributed by atoms with Crippen LogP contribution >= 0.6 is 11.6 Å². The Labute approximate surface area is 130 Å². The molecule has 1 N–H and O–H groups in total. The normalized spacial score (nSPS) is 25.8. The fraction of sp³-hybridized carbons (Fsp3) is 0.857. The Morgan fingerprint density at radius 1 is 1.43 bits per heavy atom. The molecular formula is C14H24ClNO5. The first-order chi connectivity index (χ1) is 9.66. The zero-order valence-corrected chi connectivity index (χ0v) is 13.8. The molecule has 21 heavy (non-hydrogen) atoms. The molecular weight excluding hydrogens is 298 g/mol. The Balaban J connectivity index is 3.06. The van der Waals surface area contributed by atoms with Crippen LogP contribution in [0, 0.1) is 0 Å². The van der Waals surface area contributed by atoms with Crippen LogP contribution in [0.15, 0.2) is 0 Å². The van der Waals surface area contributed by atoms with Crippen molar-refractivity contribution >= 4 is 23.7 Å². The third kappa shape index (κ3) is 4.23. The average molecular weight is 322 g/mol. The lowest BCUT2D eigenvalue weighted by Crippen LogP contribution is -2.54. The van der Waals surface area contributed by atoms with E-state index in [9.17, 15) is 14.7 Å². The molecule has 1 heterocycles. The number of carbonyl (C=O) groups is 2. The van der Waals surface area contributed by atoms with Crippen LogP contribution in [0.4, 0.5) is 4.79 Å². The summed E-state index contributed by atoms with van der Waals surface area (Å²) in [4.78, 5) is 25.9. The maximum atomic E-state index is 12.4. The van der Waals surface area contributed by atoms with Crippen molar-refractivity contribution in [3.8, 4) is 0 Å². The molecule has 1 saturated heterocycles. The van der Waals surface area contributed by atoms with Crippen molar-refractivity contribution in [2.45, 2.75) is 57.3 Å². The molecule has 122 valence electrons. The van der Waals surface area contributed by atoms with Crippen molar-refractivity contribution in [2.75, 3.05) is 19.5 Å². The standard InChI is InChI=1S/C14H24ClNO5/c1-13(2,3)21-12(19)16-9-10(17)8-14(16,6-5-7-15)11(18)20-4/h10,17H,5-9H2,1-4H3/t10-,14+/m0/s1. The molecule has 0 bridgehead atoms. The van der Waals surface area contributed by atoms with Crippen molar-refractivity contribution in [1.29, 1.82) is 0 Å². The number of halogens is 1. The second-order valence-electron chi connectivity index (χ2n) is 6.26. The molecule has 0 aliphatic carbocycles. The van der Waals surface area contributed by atoms with Crippen molar-refractivity contribution in [3.63, 3.8) is 0 Å². The van der Waals surface area contributed by atoms with Gasteiger partial charge in [0.25, 0.3) is 0 Å². The van der Waals surface area contributed by atoms with Gasteiger partial charge >= 0.3 is 12.1 Å². The first-order valence-electron chi connectivity index (χ1n) is 6.99. The van der Waals surface area contributed by atoms with Gasteiger partial charge in [0, 0.05) is 12.3 Å². The monoisotopic (exact) mass is 321 g/mol. The number of alkyl halides is 1. The van der Waals surface area contributed by atoms with Gasteiger partial charge < -0.3 is 14.6 Å². The van der Waals surface area contributed by atoms with E-state index in [1.807, 2.05) is 0 Å². The second kappa shape index (κ2) is 6.83. The Morgan fingerprint density at radius 2 is 2.05 bits per heavy atom. The van der Waals surface area contributed by atoms with Gasteiger partial charge in [0.05, 0.1) is 19.8 Å². The van der Waals surface area contributed by atoms with Crippen LogP contribution < -0.4 is 0 Å². The fourth-order valence-corrected chi connectivity index (χ4v) is 2.73. The second-order valence-corrected chi connectivity index (χ2v) is 6.64. The third-order valence-corrected chi connectivity index (χ3v) is 3.65. The molecule has 0 spiro atoms. The quantitative estimate of drug-likeness (QED) is 0.632. The fourth-order valence-electron chi connectivity index (χ4n) is 2.60. The molecule has 0 radical (unpaired) electrons. The lowest BCUT2D eigenvalue weighted by atomic mass is 9.90. The van der Waals surface area contributed by atoms with E-state index in [0.29, 0.717) is 18.7 Å². The van der Waals surface area contributed by atoms with E-state index in [4.69, 9.17) is 21.1 Å². The highest BCUT2D eigenvalue weighted by atomic mass is 35.5. The van der Waals surface area contributed by atoms with E-state index >= 15 is 0 Å². The van der Waals surface area contributed by atoms with E-state index in [2.05, 4.69) is 0 Å². The molecule has 2 atom stereocenters. The van der Waals surface area contributed by atoms with Crippen LogP contribution in [0.3, 0.4) is 0 Å². The van der Waals surface area contributed by atoms with Gasteiger partial charge in [0.2, 0.25) is 0 Å². The number of esters is 1. The van der Waals surface area contributed by atoms with Gasteiger partial charge in [-0.05, 0) is 33.6 Å². The van der Waals surface area contributed by atoms with Gasteiger partial charge in [-0.2, -0.15) is 0 Å². The van der Waals surface area contributed by atoms with Gasteiger partial charge in [-0.3, -0.25) is 4.90 Å². The number of rotatable bonds is 4. The Morgan fingerprint density at radius 3 is 2.52 bits per heavy atom. The molecule has 0 saturated carbocycles. The van der Waals surface area contributed by atoms with Gasteiger partial charge in [-0.1, -0.05) is 0 Å². The molecule has 6 nitrogen and oxygen atoms in total. The summed E-state index contributed by atoms with van der Waals surface area (Å²) in [6.45, 7) is 5.29. The largest absolute Gasteiger partial charge is 0.467 e. The summed E-state index contributed by atoms with van der Waals surface area (Å²) in [5, 5.41) is 9.94. The van der Waals surface area contributed by atoms with E-state index in [0.717, 1.165) is 0 Å². The van der Waals surface area contributed by atoms with Gasteiger partial charge in [-0.25, -0.2) is 9.59 Å². The number of carbonyl (C=O) groups excluding carboxylic acids is 2. The Hall–Kier alpha value is -1.01.